The van der Waals surface area contributed by atoms with Gasteiger partial charge in [0.25, 0.3) is 0 Å². The predicted molar refractivity (Wildman–Crippen MR) is 78.5 cm³/mol. The Labute approximate surface area is 117 Å². The molecule has 0 saturated carbocycles. The van der Waals surface area contributed by atoms with Gasteiger partial charge in [-0.05, 0) is 37.7 Å². The van der Waals surface area contributed by atoms with Crippen LogP contribution in [-0.4, -0.2) is 25.0 Å². The van der Waals surface area contributed by atoms with Crippen LogP contribution < -0.4 is 5.73 Å². The molecule has 1 rings (SSSR count). The lowest BCUT2D eigenvalue weighted by Crippen LogP contribution is -2.31. The van der Waals surface area contributed by atoms with Crippen LogP contribution in [0.4, 0.5) is 0 Å². The van der Waals surface area contributed by atoms with Gasteiger partial charge in [-0.1, -0.05) is 46.9 Å². The number of rotatable bonds is 6. The maximum Gasteiger partial charge on any atom is 0.0482 e. The second-order valence-corrected chi connectivity index (χ2v) is 5.57. The average Bonchev–Trinajstić information content (AvgIpc) is 2.30. The minimum Gasteiger partial charge on any atom is -0.329 e. The Hall–Kier alpha value is -0.0900. The Morgan fingerprint density at radius 2 is 2.18 bits per heavy atom. The summed E-state index contributed by atoms with van der Waals surface area (Å²) in [4.78, 5) is 2.28. The van der Waals surface area contributed by atoms with Crippen molar-refractivity contribution in [1.82, 2.24) is 4.90 Å². The van der Waals surface area contributed by atoms with E-state index in [4.69, 9.17) is 17.3 Å². The fourth-order valence-electron chi connectivity index (χ4n) is 1.88. The molecule has 2 nitrogen and oxygen atoms in total. The second-order valence-electron chi connectivity index (χ2n) is 4.25. The van der Waals surface area contributed by atoms with Crippen molar-refractivity contribution < 1.29 is 0 Å². The number of likely N-dealkylation sites (N-methyl/N-ethyl adjacent to an activating group) is 1. The lowest BCUT2D eigenvalue weighted by atomic mass is 10.1. The van der Waals surface area contributed by atoms with E-state index in [2.05, 4.69) is 34.8 Å². The van der Waals surface area contributed by atoms with E-state index in [1.54, 1.807) is 0 Å². The molecule has 1 aromatic carbocycles. The zero-order valence-electron chi connectivity index (χ0n) is 10.4. The molecule has 4 heteroatoms. The molecule has 96 valence electrons. The van der Waals surface area contributed by atoms with Crippen molar-refractivity contribution in [2.45, 2.75) is 25.8 Å². The largest absolute Gasteiger partial charge is 0.329 e. The van der Waals surface area contributed by atoms with E-state index < -0.39 is 0 Å². The van der Waals surface area contributed by atoms with E-state index in [1.807, 2.05) is 18.2 Å². The normalized spacial score (nSPS) is 13.1. The van der Waals surface area contributed by atoms with E-state index in [0.717, 1.165) is 21.6 Å². The van der Waals surface area contributed by atoms with Crippen molar-refractivity contribution in [2.75, 3.05) is 20.1 Å². The molecular weight excluding hydrogens is 300 g/mol. The molecule has 0 aliphatic rings. The molecule has 1 aromatic rings. The topological polar surface area (TPSA) is 29.3 Å². The van der Waals surface area contributed by atoms with E-state index in [0.29, 0.717) is 6.54 Å². The first-order chi connectivity index (χ1) is 8.10. The van der Waals surface area contributed by atoms with Crippen LogP contribution in [0.25, 0.3) is 0 Å². The van der Waals surface area contributed by atoms with Crippen molar-refractivity contribution in [3.05, 3.63) is 33.3 Å². The van der Waals surface area contributed by atoms with Crippen LogP contribution in [-0.2, 0) is 0 Å². The summed E-state index contributed by atoms with van der Waals surface area (Å²) in [6.07, 6.45) is 2.37. The van der Waals surface area contributed by atoms with Crippen LogP contribution >= 0.6 is 27.5 Å². The Balaban J connectivity index is 2.85. The highest BCUT2D eigenvalue weighted by Crippen LogP contribution is 2.29. The monoisotopic (exact) mass is 318 g/mol. The highest BCUT2D eigenvalue weighted by Gasteiger charge is 2.17. The zero-order valence-corrected chi connectivity index (χ0v) is 12.8. The molecule has 0 aliphatic carbocycles. The summed E-state index contributed by atoms with van der Waals surface area (Å²) in [7, 11) is 2.10. The van der Waals surface area contributed by atoms with Crippen LogP contribution in [0.15, 0.2) is 22.7 Å². The molecule has 1 unspecified atom stereocenters. The van der Waals surface area contributed by atoms with Gasteiger partial charge in [-0.3, -0.25) is 4.90 Å². The van der Waals surface area contributed by atoms with E-state index in [-0.39, 0.29) is 6.04 Å². The minimum atomic E-state index is 0.196. The highest BCUT2D eigenvalue weighted by atomic mass is 79.9. The van der Waals surface area contributed by atoms with E-state index in [1.165, 1.54) is 12.8 Å². The van der Waals surface area contributed by atoms with Gasteiger partial charge in [-0.2, -0.15) is 0 Å². The number of halogens is 2. The Morgan fingerprint density at radius 1 is 1.47 bits per heavy atom. The molecule has 17 heavy (non-hydrogen) atoms. The molecule has 0 saturated heterocycles. The van der Waals surface area contributed by atoms with E-state index >= 15 is 0 Å². The number of hydrogen-bond acceptors (Lipinski definition) is 2. The summed E-state index contributed by atoms with van der Waals surface area (Å²) < 4.78 is 0.998. The number of unbranched alkanes of at least 4 members (excludes halogenated alkanes) is 1. The smallest absolute Gasteiger partial charge is 0.0482 e. The zero-order chi connectivity index (χ0) is 12.8. The van der Waals surface area contributed by atoms with Gasteiger partial charge in [0, 0.05) is 22.1 Å². The summed E-state index contributed by atoms with van der Waals surface area (Å²) in [5.41, 5.74) is 6.98. The second kappa shape index (κ2) is 7.37. The summed E-state index contributed by atoms with van der Waals surface area (Å²) in [5, 5.41) is 0.776. The van der Waals surface area contributed by atoms with Crippen LogP contribution in [0, 0.1) is 0 Å². The molecule has 0 bridgehead atoms. The van der Waals surface area contributed by atoms with Crippen molar-refractivity contribution in [3.8, 4) is 0 Å². The predicted octanol–water partition coefficient (Wildman–Crippen LogP) is 3.83. The molecule has 1 atom stereocenters. The number of nitrogens with two attached hydrogens (primary N) is 1. The first-order valence-corrected chi connectivity index (χ1v) is 7.12. The van der Waals surface area contributed by atoms with E-state index in [9.17, 15) is 0 Å². The molecule has 0 aromatic heterocycles. The van der Waals surface area contributed by atoms with Crippen molar-refractivity contribution >= 4 is 27.5 Å². The van der Waals surface area contributed by atoms with Crippen LogP contribution in [0.5, 0.6) is 0 Å². The van der Waals surface area contributed by atoms with Gasteiger partial charge in [-0.25, -0.2) is 0 Å². The molecule has 2 N–H and O–H groups in total. The first-order valence-electron chi connectivity index (χ1n) is 5.95. The maximum absolute atomic E-state index is 6.27. The van der Waals surface area contributed by atoms with Gasteiger partial charge in [-0.15, -0.1) is 0 Å². The third kappa shape index (κ3) is 4.25. The minimum absolute atomic E-state index is 0.196. The average molecular weight is 320 g/mol. The number of hydrogen-bond donors (Lipinski definition) is 1. The molecular formula is C13H20BrClN2. The number of benzene rings is 1. The highest BCUT2D eigenvalue weighted by molar-refractivity contribution is 9.10. The third-order valence-corrected chi connectivity index (χ3v) is 3.76. The SMILES string of the molecule is CCCCN(C)C(CN)c1ccc(Br)cc1Cl. The van der Waals surface area contributed by atoms with Gasteiger partial charge in [0.15, 0.2) is 0 Å². The standard InChI is InChI=1S/C13H20BrClN2/c1-3-4-7-17(2)13(9-16)11-6-5-10(14)8-12(11)15/h5-6,8,13H,3-4,7,9,16H2,1-2H3. The summed E-state index contributed by atoms with van der Waals surface area (Å²) in [6.45, 7) is 3.82. The molecule has 0 radical (unpaired) electrons. The van der Waals surface area contributed by atoms with Crippen molar-refractivity contribution in [3.63, 3.8) is 0 Å². The Morgan fingerprint density at radius 3 is 2.71 bits per heavy atom. The lowest BCUT2D eigenvalue weighted by Gasteiger charge is -2.28. The quantitative estimate of drug-likeness (QED) is 0.863. The summed E-state index contributed by atoms with van der Waals surface area (Å²) in [6, 6.07) is 6.18. The number of nitrogens with zero attached hydrogens (tertiary/aromatic N) is 1. The molecule has 0 fully saturated rings. The lowest BCUT2D eigenvalue weighted by molar-refractivity contribution is 0.246. The van der Waals surface area contributed by atoms with Gasteiger partial charge in [0.05, 0.1) is 0 Å². The van der Waals surface area contributed by atoms with Crippen LogP contribution in [0.2, 0.25) is 5.02 Å². The van der Waals surface area contributed by atoms with Gasteiger partial charge in [0.1, 0.15) is 0 Å². The van der Waals surface area contributed by atoms with Gasteiger partial charge < -0.3 is 5.73 Å². The summed E-state index contributed by atoms with van der Waals surface area (Å²) >= 11 is 9.69. The Bertz CT molecular complexity index is 357. The fraction of sp³-hybridized carbons (Fsp3) is 0.538. The van der Waals surface area contributed by atoms with Gasteiger partial charge >= 0.3 is 0 Å². The fourth-order valence-corrected chi connectivity index (χ4v) is 2.68. The molecule has 0 heterocycles. The Kier molecular flexibility index (Phi) is 6.49. The van der Waals surface area contributed by atoms with Crippen molar-refractivity contribution in [2.24, 2.45) is 5.73 Å². The van der Waals surface area contributed by atoms with Crippen molar-refractivity contribution in [1.29, 1.82) is 0 Å². The third-order valence-electron chi connectivity index (χ3n) is 2.94. The van der Waals surface area contributed by atoms with Crippen LogP contribution in [0.1, 0.15) is 31.4 Å². The molecule has 0 spiro atoms. The van der Waals surface area contributed by atoms with Crippen LogP contribution in [0.3, 0.4) is 0 Å². The maximum atomic E-state index is 6.27. The van der Waals surface area contributed by atoms with Gasteiger partial charge in [0.2, 0.25) is 0 Å². The first kappa shape index (κ1) is 15.0. The molecule has 0 aliphatic heterocycles. The summed E-state index contributed by atoms with van der Waals surface area (Å²) in [5.74, 6) is 0. The molecule has 0 amide bonds.